The van der Waals surface area contributed by atoms with E-state index in [1.807, 2.05) is 6.92 Å². The Hall–Kier alpha value is -1.59. The molecule has 1 aliphatic rings. The number of hydrogen-bond acceptors (Lipinski definition) is 3. The number of carboxylic acid groups (broad SMARTS) is 1. The molecule has 1 fully saturated rings. The van der Waals surface area contributed by atoms with Crippen LogP contribution in [-0.4, -0.2) is 36.0 Å². The first-order valence-corrected chi connectivity index (χ1v) is 6.81. The lowest BCUT2D eigenvalue weighted by molar-refractivity contribution is -0.144. The van der Waals surface area contributed by atoms with Crippen LogP contribution < -0.4 is 10.6 Å². The van der Waals surface area contributed by atoms with E-state index in [1.165, 1.54) is 0 Å². The molecule has 6 heteroatoms. The highest BCUT2D eigenvalue weighted by atomic mass is 16.4. The second kappa shape index (κ2) is 7.76. The number of carbonyl (C=O) groups is 3. The highest BCUT2D eigenvalue weighted by Gasteiger charge is 2.29. The van der Waals surface area contributed by atoms with Gasteiger partial charge < -0.3 is 15.7 Å². The highest BCUT2D eigenvalue weighted by molar-refractivity contribution is 5.80. The molecular weight excluding hydrogens is 248 g/mol. The maximum Gasteiger partial charge on any atom is 0.306 e. The molecule has 108 valence electrons. The second-order valence-electron chi connectivity index (χ2n) is 4.88. The first-order chi connectivity index (χ1) is 9.04. The van der Waals surface area contributed by atoms with Crippen molar-refractivity contribution >= 4 is 17.8 Å². The van der Waals surface area contributed by atoms with E-state index in [4.69, 9.17) is 5.11 Å². The van der Waals surface area contributed by atoms with E-state index < -0.39 is 5.97 Å². The molecule has 0 aliphatic heterocycles. The van der Waals surface area contributed by atoms with Crippen molar-refractivity contribution in [2.24, 2.45) is 11.8 Å². The molecule has 0 radical (unpaired) electrons. The van der Waals surface area contributed by atoms with Gasteiger partial charge in [-0.3, -0.25) is 14.4 Å². The molecular formula is C13H22N2O4. The third-order valence-corrected chi connectivity index (χ3v) is 3.47. The van der Waals surface area contributed by atoms with Gasteiger partial charge in [0.25, 0.3) is 0 Å². The number of carbonyl (C=O) groups excluding carboxylic acids is 2. The van der Waals surface area contributed by atoms with Gasteiger partial charge in [0.15, 0.2) is 0 Å². The van der Waals surface area contributed by atoms with Crippen LogP contribution in [0.4, 0.5) is 0 Å². The first kappa shape index (κ1) is 15.5. The van der Waals surface area contributed by atoms with E-state index in [2.05, 4.69) is 10.6 Å². The van der Waals surface area contributed by atoms with Gasteiger partial charge in [-0.1, -0.05) is 0 Å². The van der Waals surface area contributed by atoms with Crippen LogP contribution >= 0.6 is 0 Å². The second-order valence-corrected chi connectivity index (χ2v) is 4.88. The van der Waals surface area contributed by atoms with Crippen LogP contribution in [0.3, 0.4) is 0 Å². The summed E-state index contributed by atoms with van der Waals surface area (Å²) in [4.78, 5) is 33.8. The molecule has 0 atom stereocenters. The minimum Gasteiger partial charge on any atom is -0.481 e. The summed E-state index contributed by atoms with van der Waals surface area (Å²) in [5.74, 6) is -1.31. The average molecular weight is 270 g/mol. The Labute approximate surface area is 112 Å². The van der Waals surface area contributed by atoms with Crippen molar-refractivity contribution in [1.29, 1.82) is 0 Å². The Morgan fingerprint density at radius 1 is 1.05 bits per heavy atom. The van der Waals surface area contributed by atoms with Gasteiger partial charge in [-0.15, -0.1) is 0 Å². The largest absolute Gasteiger partial charge is 0.481 e. The number of rotatable bonds is 6. The lowest BCUT2D eigenvalue weighted by Crippen LogP contribution is -2.36. The Kier molecular flexibility index (Phi) is 6.32. The maximum atomic E-state index is 11.8. The van der Waals surface area contributed by atoms with E-state index in [9.17, 15) is 14.4 Å². The van der Waals surface area contributed by atoms with Crippen LogP contribution in [-0.2, 0) is 14.4 Å². The normalized spacial score (nSPS) is 22.6. The van der Waals surface area contributed by atoms with Crippen LogP contribution in [0.1, 0.15) is 39.0 Å². The van der Waals surface area contributed by atoms with Crippen LogP contribution in [0.2, 0.25) is 0 Å². The number of nitrogens with one attached hydrogen (secondary N) is 2. The fourth-order valence-electron chi connectivity index (χ4n) is 2.33. The summed E-state index contributed by atoms with van der Waals surface area (Å²) in [6, 6.07) is 0. The molecule has 1 rings (SSSR count). The van der Waals surface area contributed by atoms with Gasteiger partial charge in [0.1, 0.15) is 0 Å². The van der Waals surface area contributed by atoms with Crippen molar-refractivity contribution in [3.63, 3.8) is 0 Å². The molecule has 0 spiro atoms. The molecule has 0 saturated heterocycles. The maximum absolute atomic E-state index is 11.8. The fraction of sp³-hybridized carbons (Fsp3) is 0.769. The average Bonchev–Trinajstić information content (AvgIpc) is 2.39. The number of carboxylic acids is 1. The van der Waals surface area contributed by atoms with Crippen molar-refractivity contribution < 1.29 is 19.5 Å². The van der Waals surface area contributed by atoms with Gasteiger partial charge in [0, 0.05) is 25.4 Å². The van der Waals surface area contributed by atoms with Crippen molar-refractivity contribution in [3.8, 4) is 0 Å². The van der Waals surface area contributed by atoms with E-state index >= 15 is 0 Å². The number of aliphatic carboxylic acids is 1. The third-order valence-electron chi connectivity index (χ3n) is 3.47. The molecule has 2 amide bonds. The van der Waals surface area contributed by atoms with Crippen molar-refractivity contribution in [2.45, 2.75) is 39.0 Å². The number of amides is 2. The Balaban J connectivity index is 2.21. The van der Waals surface area contributed by atoms with E-state index in [-0.39, 0.29) is 30.1 Å². The summed E-state index contributed by atoms with van der Waals surface area (Å²) in [7, 11) is 0. The monoisotopic (exact) mass is 270 g/mol. The molecule has 3 N–H and O–H groups in total. The Morgan fingerprint density at radius 2 is 1.63 bits per heavy atom. The zero-order valence-corrected chi connectivity index (χ0v) is 11.3. The lowest BCUT2D eigenvalue weighted by Gasteiger charge is -2.25. The van der Waals surface area contributed by atoms with Crippen LogP contribution in [0.5, 0.6) is 0 Å². The van der Waals surface area contributed by atoms with E-state index in [0.717, 1.165) is 0 Å². The molecule has 0 unspecified atom stereocenters. The van der Waals surface area contributed by atoms with Crippen LogP contribution in [0, 0.1) is 11.8 Å². The van der Waals surface area contributed by atoms with Crippen molar-refractivity contribution in [1.82, 2.24) is 10.6 Å². The molecule has 19 heavy (non-hydrogen) atoms. The van der Waals surface area contributed by atoms with Gasteiger partial charge >= 0.3 is 5.97 Å². The topological polar surface area (TPSA) is 95.5 Å². The smallest absolute Gasteiger partial charge is 0.306 e. The minimum atomic E-state index is -0.768. The van der Waals surface area contributed by atoms with Crippen molar-refractivity contribution in [2.75, 3.05) is 13.1 Å². The van der Waals surface area contributed by atoms with Crippen molar-refractivity contribution in [3.05, 3.63) is 0 Å². The summed E-state index contributed by atoms with van der Waals surface area (Å²) in [5.41, 5.74) is 0. The Bertz CT molecular complexity index is 336. The van der Waals surface area contributed by atoms with Gasteiger partial charge in [-0.2, -0.15) is 0 Å². The predicted molar refractivity (Wildman–Crippen MR) is 69.4 cm³/mol. The minimum absolute atomic E-state index is 0.0619. The molecule has 6 nitrogen and oxygen atoms in total. The molecule has 1 saturated carbocycles. The van der Waals surface area contributed by atoms with Gasteiger partial charge in [0.2, 0.25) is 11.8 Å². The zero-order valence-electron chi connectivity index (χ0n) is 11.3. The predicted octanol–water partition coefficient (Wildman–Crippen LogP) is 0.520. The lowest BCUT2D eigenvalue weighted by atomic mass is 9.81. The summed E-state index contributed by atoms with van der Waals surface area (Å²) in [6.07, 6.45) is 2.63. The quantitative estimate of drug-likeness (QED) is 0.655. The third kappa shape index (κ3) is 5.28. The molecule has 0 aromatic rings. The van der Waals surface area contributed by atoms with Crippen LogP contribution in [0.15, 0.2) is 0 Å². The summed E-state index contributed by atoms with van der Waals surface area (Å²) in [6.45, 7) is 2.77. The molecule has 0 heterocycles. The molecule has 1 aliphatic carbocycles. The highest BCUT2D eigenvalue weighted by Crippen LogP contribution is 2.28. The van der Waals surface area contributed by atoms with E-state index in [1.54, 1.807) is 0 Å². The van der Waals surface area contributed by atoms with Gasteiger partial charge in [-0.25, -0.2) is 0 Å². The first-order valence-electron chi connectivity index (χ1n) is 6.81. The zero-order chi connectivity index (χ0) is 14.3. The fourth-order valence-corrected chi connectivity index (χ4v) is 2.33. The van der Waals surface area contributed by atoms with Gasteiger partial charge in [-0.05, 0) is 32.6 Å². The van der Waals surface area contributed by atoms with Gasteiger partial charge in [0.05, 0.1) is 5.92 Å². The molecule has 0 bridgehead atoms. The standard InChI is InChI=1S/C13H22N2O4/c1-2-14-11(16)7-8-15-12(17)9-3-5-10(6-4-9)13(18)19/h9-10H,2-8H2,1H3,(H,14,16)(H,15,17)(H,18,19). The van der Waals surface area contributed by atoms with Crippen LogP contribution in [0.25, 0.3) is 0 Å². The SMILES string of the molecule is CCNC(=O)CCNC(=O)C1CCC(C(=O)O)CC1. The Morgan fingerprint density at radius 3 is 2.16 bits per heavy atom. The molecule has 0 aromatic carbocycles. The summed E-state index contributed by atoms with van der Waals surface area (Å²) >= 11 is 0. The summed E-state index contributed by atoms with van der Waals surface area (Å²) in [5, 5.41) is 14.3. The summed E-state index contributed by atoms with van der Waals surface area (Å²) < 4.78 is 0. The number of hydrogen-bond donors (Lipinski definition) is 3. The molecule has 0 aromatic heterocycles. The van der Waals surface area contributed by atoms with E-state index in [0.29, 0.717) is 38.8 Å².